The van der Waals surface area contributed by atoms with Gasteiger partial charge in [-0.1, -0.05) is 18.2 Å². The van der Waals surface area contributed by atoms with E-state index in [2.05, 4.69) is 4.98 Å². The molecule has 0 spiro atoms. The summed E-state index contributed by atoms with van der Waals surface area (Å²) in [5.74, 6) is -0.495. The van der Waals surface area contributed by atoms with Crippen molar-refractivity contribution in [3.63, 3.8) is 0 Å². The fourth-order valence-electron chi connectivity index (χ4n) is 0.881. The summed E-state index contributed by atoms with van der Waals surface area (Å²) in [7, 11) is 0. The van der Waals surface area contributed by atoms with Crippen LogP contribution in [0.4, 0.5) is 0 Å². The van der Waals surface area contributed by atoms with Gasteiger partial charge in [0.25, 0.3) is 5.56 Å². The van der Waals surface area contributed by atoms with E-state index in [9.17, 15) is 14.7 Å². The average molecular weight is 194 g/mol. The molecule has 5 nitrogen and oxygen atoms in total. The Morgan fingerprint density at radius 1 is 1.21 bits per heavy atom. The van der Waals surface area contributed by atoms with E-state index in [-0.39, 0.29) is 5.69 Å². The third-order valence-electron chi connectivity index (χ3n) is 1.51. The molecule has 0 amide bonds. The van der Waals surface area contributed by atoms with Gasteiger partial charge in [0.05, 0.1) is 5.69 Å². The highest BCUT2D eigenvalue weighted by atomic mass is 16.3. The minimum absolute atomic E-state index is 0.0943. The lowest BCUT2D eigenvalue weighted by molar-refractivity contribution is 0.460. The van der Waals surface area contributed by atoms with Crippen LogP contribution in [0.1, 0.15) is 12.6 Å². The van der Waals surface area contributed by atoms with Crippen molar-refractivity contribution in [2.24, 2.45) is 0 Å². The lowest BCUT2D eigenvalue weighted by atomic mass is 10.3. The summed E-state index contributed by atoms with van der Waals surface area (Å²) in [6.07, 6.45) is 6.52. The third-order valence-corrected chi connectivity index (χ3v) is 1.51. The molecule has 5 heteroatoms. The highest BCUT2D eigenvalue weighted by molar-refractivity contribution is 5.52. The van der Waals surface area contributed by atoms with Gasteiger partial charge >= 0.3 is 5.69 Å². The van der Waals surface area contributed by atoms with E-state index in [0.717, 1.165) is 0 Å². The Morgan fingerprint density at radius 3 is 2.57 bits per heavy atom. The molecule has 0 aromatic carbocycles. The molecule has 0 aliphatic rings. The van der Waals surface area contributed by atoms with Gasteiger partial charge in [0.15, 0.2) is 0 Å². The second-order valence-corrected chi connectivity index (χ2v) is 2.56. The first-order chi connectivity index (χ1) is 6.65. The van der Waals surface area contributed by atoms with Gasteiger partial charge in [-0.15, -0.1) is 0 Å². The molecular weight excluding hydrogens is 184 g/mol. The topological polar surface area (TPSA) is 86.0 Å². The molecule has 0 unspecified atom stereocenters. The number of aromatic hydroxyl groups is 1. The fourth-order valence-corrected chi connectivity index (χ4v) is 0.881. The Hall–Kier alpha value is -2.04. The van der Waals surface area contributed by atoms with E-state index in [4.69, 9.17) is 0 Å². The second kappa shape index (κ2) is 4.27. The summed E-state index contributed by atoms with van der Waals surface area (Å²) in [6, 6.07) is 0. The number of allylic oxidation sites excluding steroid dienone is 3. The first-order valence-electron chi connectivity index (χ1n) is 4.00. The summed E-state index contributed by atoms with van der Waals surface area (Å²) in [5.41, 5.74) is -1.35. The van der Waals surface area contributed by atoms with Gasteiger partial charge in [-0.05, 0) is 13.0 Å². The fraction of sp³-hybridized carbons (Fsp3) is 0.111. The minimum atomic E-state index is -0.797. The molecule has 3 N–H and O–H groups in total. The van der Waals surface area contributed by atoms with Crippen LogP contribution in [0.3, 0.4) is 0 Å². The molecule has 1 aromatic heterocycles. The summed E-state index contributed by atoms with van der Waals surface area (Å²) in [5, 5.41) is 9.23. The van der Waals surface area contributed by atoms with E-state index >= 15 is 0 Å². The number of nitrogens with one attached hydrogen (secondary N) is 2. The van der Waals surface area contributed by atoms with Crippen LogP contribution in [0, 0.1) is 0 Å². The Morgan fingerprint density at radius 2 is 1.93 bits per heavy atom. The highest BCUT2D eigenvalue weighted by Gasteiger charge is 2.02. The van der Waals surface area contributed by atoms with Crippen molar-refractivity contribution in [2.45, 2.75) is 6.92 Å². The predicted octanol–water partition coefficient (Wildman–Crippen LogP) is 0.358. The largest absolute Gasteiger partial charge is 0.502 e. The predicted molar refractivity (Wildman–Crippen MR) is 53.2 cm³/mol. The summed E-state index contributed by atoms with van der Waals surface area (Å²) in [4.78, 5) is 25.9. The van der Waals surface area contributed by atoms with Crippen LogP contribution in [0.5, 0.6) is 5.75 Å². The van der Waals surface area contributed by atoms with Crippen molar-refractivity contribution >= 4 is 6.08 Å². The van der Waals surface area contributed by atoms with Crippen LogP contribution in [0.2, 0.25) is 0 Å². The van der Waals surface area contributed by atoms with Crippen LogP contribution < -0.4 is 11.2 Å². The standard InChI is InChI=1S/C9H10N2O3/c1-2-3-4-5-6-7(12)8(13)11-9(14)10-6/h2-5,12H,1H3,(H2,10,11,13,14)/b3-2+,5-4+. The molecule has 0 saturated heterocycles. The SMILES string of the molecule is C/C=C/C=C/c1[nH]c(=O)[nH]c(=O)c1O. The maximum Gasteiger partial charge on any atom is 0.326 e. The zero-order valence-corrected chi connectivity index (χ0v) is 7.57. The Kier molecular flexibility index (Phi) is 3.06. The second-order valence-electron chi connectivity index (χ2n) is 2.56. The quantitative estimate of drug-likeness (QED) is 0.594. The number of H-pyrrole nitrogens is 2. The van der Waals surface area contributed by atoms with E-state index in [1.807, 2.05) is 11.9 Å². The van der Waals surface area contributed by atoms with Gasteiger partial charge < -0.3 is 10.1 Å². The number of hydrogen-bond acceptors (Lipinski definition) is 3. The maximum absolute atomic E-state index is 10.9. The summed E-state index contributed by atoms with van der Waals surface area (Å²) in [6.45, 7) is 1.82. The normalized spacial score (nSPS) is 11.5. The highest BCUT2D eigenvalue weighted by Crippen LogP contribution is 2.06. The molecule has 1 rings (SSSR count). The Balaban J connectivity index is 3.21. The van der Waals surface area contributed by atoms with Crippen molar-refractivity contribution in [1.29, 1.82) is 0 Å². The Bertz CT molecular complexity index is 480. The number of rotatable bonds is 2. The van der Waals surface area contributed by atoms with Crippen molar-refractivity contribution in [1.82, 2.24) is 9.97 Å². The molecule has 0 bridgehead atoms. The third kappa shape index (κ3) is 2.22. The van der Waals surface area contributed by atoms with Gasteiger partial charge in [0.1, 0.15) is 0 Å². The van der Waals surface area contributed by atoms with Crippen LogP contribution in [0.25, 0.3) is 6.08 Å². The van der Waals surface area contributed by atoms with E-state index in [0.29, 0.717) is 0 Å². The molecule has 14 heavy (non-hydrogen) atoms. The van der Waals surface area contributed by atoms with E-state index < -0.39 is 17.0 Å². The lowest BCUT2D eigenvalue weighted by Gasteiger charge is -1.95. The van der Waals surface area contributed by atoms with Crippen molar-refractivity contribution in [3.05, 3.63) is 44.8 Å². The maximum atomic E-state index is 10.9. The smallest absolute Gasteiger partial charge is 0.326 e. The Labute approximate surface area is 79.4 Å². The van der Waals surface area contributed by atoms with Gasteiger partial charge in [-0.2, -0.15) is 0 Å². The van der Waals surface area contributed by atoms with E-state index in [1.165, 1.54) is 6.08 Å². The van der Waals surface area contributed by atoms with Crippen LogP contribution in [0.15, 0.2) is 27.8 Å². The number of hydrogen-bond donors (Lipinski definition) is 3. The lowest BCUT2D eigenvalue weighted by Crippen LogP contribution is -2.22. The zero-order valence-electron chi connectivity index (χ0n) is 7.57. The van der Waals surface area contributed by atoms with Crippen molar-refractivity contribution in [2.75, 3.05) is 0 Å². The van der Waals surface area contributed by atoms with Gasteiger partial charge in [0, 0.05) is 0 Å². The van der Waals surface area contributed by atoms with Gasteiger partial charge in [0.2, 0.25) is 5.75 Å². The van der Waals surface area contributed by atoms with Crippen LogP contribution in [-0.2, 0) is 0 Å². The first kappa shape index (κ1) is 10.0. The minimum Gasteiger partial charge on any atom is -0.502 e. The molecule has 0 aliphatic heterocycles. The number of aromatic nitrogens is 2. The zero-order chi connectivity index (χ0) is 10.6. The summed E-state index contributed by atoms with van der Waals surface area (Å²) < 4.78 is 0. The van der Waals surface area contributed by atoms with Gasteiger partial charge in [-0.25, -0.2) is 4.79 Å². The molecule has 74 valence electrons. The molecule has 1 aromatic rings. The monoisotopic (exact) mass is 194 g/mol. The van der Waals surface area contributed by atoms with Crippen LogP contribution in [-0.4, -0.2) is 15.1 Å². The average Bonchev–Trinajstić information content (AvgIpc) is 2.13. The molecule has 1 heterocycles. The molecule has 0 aliphatic carbocycles. The molecule has 0 atom stereocenters. The van der Waals surface area contributed by atoms with Crippen molar-refractivity contribution < 1.29 is 5.11 Å². The van der Waals surface area contributed by atoms with Crippen molar-refractivity contribution in [3.8, 4) is 5.75 Å². The molecule has 0 saturated carbocycles. The number of aromatic amines is 2. The van der Waals surface area contributed by atoms with Gasteiger partial charge in [-0.3, -0.25) is 9.78 Å². The summed E-state index contributed by atoms with van der Waals surface area (Å²) >= 11 is 0. The molecule has 0 fully saturated rings. The van der Waals surface area contributed by atoms with E-state index in [1.54, 1.807) is 18.2 Å². The van der Waals surface area contributed by atoms with Crippen LogP contribution >= 0.6 is 0 Å². The molecular formula is C9H10N2O3. The molecule has 0 radical (unpaired) electrons. The first-order valence-corrected chi connectivity index (χ1v) is 4.00.